The molecule has 0 aromatic carbocycles. The Bertz CT molecular complexity index is 1260. The van der Waals surface area contributed by atoms with Crippen LogP contribution in [0.25, 0.3) is 0 Å². The number of rotatable bonds is 45. The molecule has 1 rings (SSSR count). The van der Waals surface area contributed by atoms with E-state index < -0.39 is 59.8 Å². The molecule has 1 heterocycles. The molecule has 1 aliphatic rings. The van der Waals surface area contributed by atoms with E-state index in [4.69, 9.17) is 18.9 Å². The lowest BCUT2D eigenvalue weighted by atomic mass is 9.99. The zero-order valence-electron chi connectivity index (χ0n) is 40.3. The molecule has 13 heteroatoms. The molecule has 4 N–H and O–H groups in total. The summed E-state index contributed by atoms with van der Waals surface area (Å²) < 4.78 is 59.2. The van der Waals surface area contributed by atoms with Gasteiger partial charge in [0.15, 0.2) is 6.29 Å². The summed E-state index contributed by atoms with van der Waals surface area (Å²) in [6.07, 6.45) is 41.8. The van der Waals surface area contributed by atoms with Crippen molar-refractivity contribution >= 4 is 16.4 Å². The van der Waals surface area contributed by atoms with E-state index in [9.17, 15) is 33.1 Å². The fourth-order valence-corrected chi connectivity index (χ4v) is 8.43. The fraction of sp³-hybridized carbons (Fsp3) is 0.863. The SMILES string of the molecule is CC/C=C\C/C=C\C/C=C\CCCCCCCCOCC(COC1OC(CO)C(O)C(OS(=O)(=O)O)C1O)OC(=O)CCCCCCCCCCCCCCCCCCCCCCC. The molecule has 0 aliphatic carbocycles. The van der Waals surface area contributed by atoms with Crippen molar-refractivity contribution in [3.8, 4) is 0 Å². The van der Waals surface area contributed by atoms with Gasteiger partial charge in [-0.25, -0.2) is 4.18 Å². The maximum Gasteiger partial charge on any atom is 0.397 e. The van der Waals surface area contributed by atoms with Crippen molar-refractivity contribution in [1.82, 2.24) is 0 Å². The average Bonchev–Trinajstić information content (AvgIpc) is 3.27. The Kier molecular flexibility index (Phi) is 40.2. The summed E-state index contributed by atoms with van der Waals surface area (Å²) in [6, 6.07) is 0. The van der Waals surface area contributed by atoms with Gasteiger partial charge in [0.1, 0.15) is 30.5 Å². The van der Waals surface area contributed by atoms with Gasteiger partial charge >= 0.3 is 16.4 Å². The van der Waals surface area contributed by atoms with Gasteiger partial charge in [-0.1, -0.05) is 204 Å². The first kappa shape index (κ1) is 60.3. The van der Waals surface area contributed by atoms with E-state index in [0.717, 1.165) is 70.6 Å². The molecule has 0 aromatic heterocycles. The maximum absolute atomic E-state index is 12.9. The van der Waals surface area contributed by atoms with Gasteiger partial charge in [0.05, 0.1) is 19.8 Å². The largest absolute Gasteiger partial charge is 0.457 e. The third kappa shape index (κ3) is 35.5. The second-order valence-electron chi connectivity index (χ2n) is 17.7. The van der Waals surface area contributed by atoms with Crippen LogP contribution in [0.2, 0.25) is 0 Å². The molecule has 0 radical (unpaired) electrons. The molecular formula is C51H94O12S. The summed E-state index contributed by atoms with van der Waals surface area (Å²) in [4.78, 5) is 12.9. The van der Waals surface area contributed by atoms with Gasteiger partial charge < -0.3 is 34.3 Å². The molecule has 1 fully saturated rings. The quantitative estimate of drug-likeness (QED) is 0.0197. The molecule has 0 aromatic rings. The first-order chi connectivity index (χ1) is 31.1. The Morgan fingerprint density at radius 2 is 1.08 bits per heavy atom. The highest BCUT2D eigenvalue weighted by molar-refractivity contribution is 7.80. The molecule has 64 heavy (non-hydrogen) atoms. The van der Waals surface area contributed by atoms with Crippen molar-refractivity contribution < 1.29 is 56.2 Å². The second-order valence-corrected chi connectivity index (χ2v) is 18.8. The smallest absolute Gasteiger partial charge is 0.397 e. The lowest BCUT2D eigenvalue weighted by Gasteiger charge is -2.41. The number of ether oxygens (including phenoxy) is 4. The Morgan fingerprint density at radius 3 is 1.58 bits per heavy atom. The van der Waals surface area contributed by atoms with Gasteiger partial charge in [0.2, 0.25) is 0 Å². The average molecular weight is 931 g/mol. The van der Waals surface area contributed by atoms with Crippen molar-refractivity contribution in [1.29, 1.82) is 0 Å². The summed E-state index contributed by atoms with van der Waals surface area (Å²) in [5, 5.41) is 30.7. The van der Waals surface area contributed by atoms with Gasteiger partial charge in [-0.2, -0.15) is 8.42 Å². The number of unbranched alkanes of at least 4 members (excludes halogenated alkanes) is 26. The van der Waals surface area contributed by atoms with E-state index in [1.165, 1.54) is 122 Å². The first-order valence-electron chi connectivity index (χ1n) is 25.7. The first-order valence-corrected chi connectivity index (χ1v) is 27.1. The van der Waals surface area contributed by atoms with Crippen molar-refractivity contribution in [2.24, 2.45) is 0 Å². The Morgan fingerprint density at radius 1 is 0.609 bits per heavy atom. The highest BCUT2D eigenvalue weighted by atomic mass is 32.3. The summed E-state index contributed by atoms with van der Waals surface area (Å²) >= 11 is 0. The summed E-state index contributed by atoms with van der Waals surface area (Å²) in [5.74, 6) is -0.400. The second kappa shape index (κ2) is 42.7. The van der Waals surface area contributed by atoms with Crippen LogP contribution in [0, 0.1) is 0 Å². The van der Waals surface area contributed by atoms with E-state index in [1.807, 2.05) is 0 Å². The molecule has 0 saturated carbocycles. The molecule has 0 amide bonds. The molecule has 0 spiro atoms. The van der Waals surface area contributed by atoms with Crippen LogP contribution in [0.3, 0.4) is 0 Å². The number of hydrogen-bond acceptors (Lipinski definition) is 11. The normalized spacial score (nSPS) is 20.0. The third-order valence-electron chi connectivity index (χ3n) is 11.8. The standard InChI is InChI=1S/C51H94O12S/c1-3-5-7-9-11-13-15-17-19-21-22-23-24-25-26-28-30-32-34-36-38-40-47(53)61-45(44-60-51-49(55)50(63-64(56,57)58)48(54)46(42-52)62-51)43-59-41-39-37-35-33-31-29-27-20-18-16-14-12-10-8-6-4-2/h6,8,12,14,18,20,45-46,48-52,54-55H,3-5,7,9-11,13,15-17,19,21-44H2,1-2H3,(H,56,57,58)/b8-6-,14-12-,20-18-. The zero-order chi connectivity index (χ0) is 46.8. The van der Waals surface area contributed by atoms with Crippen LogP contribution in [0.5, 0.6) is 0 Å². The number of carbonyl (C=O) groups excluding carboxylic acids is 1. The predicted octanol–water partition coefficient (Wildman–Crippen LogP) is 11.7. The van der Waals surface area contributed by atoms with Gasteiger partial charge in [-0.15, -0.1) is 0 Å². The number of carbonyl (C=O) groups is 1. The summed E-state index contributed by atoms with van der Waals surface area (Å²) in [7, 11) is -5.07. The number of allylic oxidation sites excluding steroid dienone is 6. The predicted molar refractivity (Wildman–Crippen MR) is 257 cm³/mol. The van der Waals surface area contributed by atoms with Crippen molar-refractivity contribution in [2.45, 2.75) is 256 Å². The molecule has 6 unspecified atom stereocenters. The Hall–Kier alpha value is -1.68. The minimum absolute atomic E-state index is 0.0296. The van der Waals surface area contributed by atoms with E-state index >= 15 is 0 Å². The number of esters is 1. The molecule has 1 saturated heterocycles. The van der Waals surface area contributed by atoms with E-state index in [2.05, 4.69) is 54.5 Å². The van der Waals surface area contributed by atoms with Gasteiger partial charge in [0, 0.05) is 13.0 Å². The molecule has 1 aliphatic heterocycles. The zero-order valence-corrected chi connectivity index (χ0v) is 41.2. The molecule has 6 atom stereocenters. The lowest BCUT2D eigenvalue weighted by Crippen LogP contribution is -2.60. The van der Waals surface area contributed by atoms with Crippen LogP contribution in [-0.4, -0.2) is 97.5 Å². The number of aliphatic hydroxyl groups excluding tert-OH is 3. The Labute approximate surface area is 390 Å². The van der Waals surface area contributed by atoms with E-state index in [1.54, 1.807) is 0 Å². The Balaban J connectivity index is 2.35. The van der Waals surface area contributed by atoms with E-state index in [0.29, 0.717) is 13.0 Å². The number of hydrogen-bond donors (Lipinski definition) is 4. The van der Waals surface area contributed by atoms with Crippen molar-refractivity contribution in [3.05, 3.63) is 36.5 Å². The third-order valence-corrected chi connectivity index (χ3v) is 12.2. The van der Waals surface area contributed by atoms with E-state index in [-0.39, 0.29) is 19.6 Å². The molecule has 12 nitrogen and oxygen atoms in total. The van der Waals surface area contributed by atoms with Crippen LogP contribution >= 0.6 is 0 Å². The molecule has 0 bridgehead atoms. The van der Waals surface area contributed by atoms with Crippen LogP contribution in [0.1, 0.15) is 219 Å². The van der Waals surface area contributed by atoms with Crippen LogP contribution < -0.4 is 0 Å². The summed E-state index contributed by atoms with van der Waals surface area (Å²) in [5.41, 5.74) is 0. The van der Waals surface area contributed by atoms with Crippen LogP contribution in [-0.2, 0) is 38.3 Å². The lowest BCUT2D eigenvalue weighted by molar-refractivity contribution is -0.301. The molecule has 376 valence electrons. The fourth-order valence-electron chi connectivity index (χ4n) is 7.92. The monoisotopic (exact) mass is 931 g/mol. The number of aliphatic hydroxyl groups is 3. The maximum atomic E-state index is 12.9. The van der Waals surface area contributed by atoms with Crippen LogP contribution in [0.15, 0.2) is 36.5 Å². The highest BCUT2D eigenvalue weighted by Crippen LogP contribution is 2.26. The minimum atomic E-state index is -5.07. The van der Waals surface area contributed by atoms with Gasteiger partial charge in [0.25, 0.3) is 0 Å². The van der Waals surface area contributed by atoms with Crippen LogP contribution in [0.4, 0.5) is 0 Å². The molecular weight excluding hydrogens is 837 g/mol. The van der Waals surface area contributed by atoms with Crippen molar-refractivity contribution in [3.63, 3.8) is 0 Å². The van der Waals surface area contributed by atoms with Gasteiger partial charge in [-0.05, 0) is 44.9 Å². The van der Waals surface area contributed by atoms with Crippen molar-refractivity contribution in [2.75, 3.05) is 26.4 Å². The topological polar surface area (TPSA) is 178 Å². The minimum Gasteiger partial charge on any atom is -0.457 e. The highest BCUT2D eigenvalue weighted by Gasteiger charge is 2.48. The summed E-state index contributed by atoms with van der Waals surface area (Å²) in [6.45, 7) is 3.88. The van der Waals surface area contributed by atoms with Gasteiger partial charge in [-0.3, -0.25) is 9.35 Å².